The Morgan fingerprint density at radius 1 is 1.14 bits per heavy atom. The fourth-order valence-electron chi connectivity index (χ4n) is 3.12. The molecule has 0 spiro atoms. The molecule has 0 saturated carbocycles. The first kappa shape index (κ1) is 14.1. The smallest absolute Gasteiger partial charge is 0.127 e. The van der Waals surface area contributed by atoms with E-state index in [-0.39, 0.29) is 6.04 Å². The Hall–Kier alpha value is -1.87. The second-order valence-electron chi connectivity index (χ2n) is 5.64. The van der Waals surface area contributed by atoms with Crippen LogP contribution in [0.1, 0.15) is 40.5 Å². The summed E-state index contributed by atoms with van der Waals surface area (Å²) in [6.07, 6.45) is 2.20. The standard InChI is InChI=1S/C18H22N2O/c1-12-9-10-15(13(2)20-12)17(19-3)16-8-4-6-14-7-5-11-21-18(14)16/h4,6,8-10,17,19H,5,7,11H2,1-3H3. The van der Waals surface area contributed by atoms with Gasteiger partial charge in [0.15, 0.2) is 0 Å². The van der Waals surface area contributed by atoms with Crippen LogP contribution < -0.4 is 10.1 Å². The van der Waals surface area contributed by atoms with Crippen molar-refractivity contribution in [3.05, 3.63) is 58.4 Å². The third-order valence-corrected chi connectivity index (χ3v) is 4.14. The van der Waals surface area contributed by atoms with E-state index in [4.69, 9.17) is 4.74 Å². The molecule has 1 N–H and O–H groups in total. The number of hydrogen-bond acceptors (Lipinski definition) is 3. The molecule has 1 aromatic carbocycles. The maximum atomic E-state index is 5.96. The van der Waals surface area contributed by atoms with Gasteiger partial charge in [0.2, 0.25) is 0 Å². The van der Waals surface area contributed by atoms with Gasteiger partial charge in [-0.2, -0.15) is 0 Å². The number of nitrogens with one attached hydrogen (secondary N) is 1. The van der Waals surface area contributed by atoms with E-state index in [0.717, 1.165) is 36.6 Å². The summed E-state index contributed by atoms with van der Waals surface area (Å²) in [4.78, 5) is 4.60. The Morgan fingerprint density at radius 3 is 2.76 bits per heavy atom. The number of nitrogens with zero attached hydrogens (tertiary/aromatic N) is 1. The first-order valence-corrected chi connectivity index (χ1v) is 7.56. The second-order valence-corrected chi connectivity index (χ2v) is 5.64. The van der Waals surface area contributed by atoms with Crippen LogP contribution in [0.5, 0.6) is 5.75 Å². The summed E-state index contributed by atoms with van der Waals surface area (Å²) in [6, 6.07) is 10.8. The fraction of sp³-hybridized carbons (Fsp3) is 0.389. The van der Waals surface area contributed by atoms with Crippen molar-refractivity contribution in [2.45, 2.75) is 32.7 Å². The Kier molecular flexibility index (Phi) is 3.93. The zero-order valence-electron chi connectivity index (χ0n) is 12.9. The highest BCUT2D eigenvalue weighted by atomic mass is 16.5. The van der Waals surface area contributed by atoms with E-state index in [1.807, 2.05) is 14.0 Å². The number of para-hydroxylation sites is 1. The molecule has 1 aliphatic rings. The molecule has 0 saturated heterocycles. The molecule has 0 radical (unpaired) electrons. The molecule has 1 aromatic heterocycles. The second kappa shape index (κ2) is 5.86. The minimum Gasteiger partial charge on any atom is -0.493 e. The first-order valence-electron chi connectivity index (χ1n) is 7.56. The number of ether oxygens (including phenoxy) is 1. The monoisotopic (exact) mass is 282 g/mol. The van der Waals surface area contributed by atoms with Gasteiger partial charge in [-0.05, 0) is 50.9 Å². The van der Waals surface area contributed by atoms with Crippen LogP contribution in [-0.4, -0.2) is 18.6 Å². The van der Waals surface area contributed by atoms with Gasteiger partial charge in [-0.3, -0.25) is 4.98 Å². The molecule has 1 unspecified atom stereocenters. The van der Waals surface area contributed by atoms with Crippen LogP contribution >= 0.6 is 0 Å². The van der Waals surface area contributed by atoms with Crippen molar-refractivity contribution in [3.8, 4) is 5.75 Å². The van der Waals surface area contributed by atoms with Crippen LogP contribution in [0.15, 0.2) is 30.3 Å². The third kappa shape index (κ3) is 2.66. The molecular formula is C18H22N2O. The molecule has 0 fully saturated rings. The minimum absolute atomic E-state index is 0.117. The highest BCUT2D eigenvalue weighted by Crippen LogP contribution is 2.36. The zero-order chi connectivity index (χ0) is 14.8. The van der Waals surface area contributed by atoms with Gasteiger partial charge in [0, 0.05) is 17.0 Å². The van der Waals surface area contributed by atoms with Crippen LogP contribution in [0, 0.1) is 13.8 Å². The lowest BCUT2D eigenvalue weighted by molar-refractivity contribution is 0.283. The maximum Gasteiger partial charge on any atom is 0.127 e. The Bertz CT molecular complexity index is 652. The van der Waals surface area contributed by atoms with Gasteiger partial charge < -0.3 is 10.1 Å². The highest BCUT2D eigenvalue weighted by Gasteiger charge is 2.22. The lowest BCUT2D eigenvalue weighted by atomic mass is 9.93. The quantitative estimate of drug-likeness (QED) is 0.937. The Labute approximate surface area is 126 Å². The first-order chi connectivity index (χ1) is 10.2. The molecule has 2 aromatic rings. The van der Waals surface area contributed by atoms with Gasteiger partial charge in [0.05, 0.1) is 12.6 Å². The van der Waals surface area contributed by atoms with Gasteiger partial charge in [-0.25, -0.2) is 0 Å². The largest absolute Gasteiger partial charge is 0.493 e. The molecule has 1 aliphatic heterocycles. The van der Waals surface area contributed by atoms with Crippen LogP contribution in [0.3, 0.4) is 0 Å². The topological polar surface area (TPSA) is 34.2 Å². The van der Waals surface area contributed by atoms with E-state index in [1.54, 1.807) is 0 Å². The number of aryl methyl sites for hydroxylation is 3. The molecule has 0 bridgehead atoms. The summed E-state index contributed by atoms with van der Waals surface area (Å²) in [6.45, 7) is 4.91. The molecule has 3 heteroatoms. The summed E-state index contributed by atoms with van der Waals surface area (Å²) < 4.78 is 5.96. The van der Waals surface area contributed by atoms with Gasteiger partial charge in [0.25, 0.3) is 0 Å². The molecule has 2 heterocycles. The summed E-state index contributed by atoms with van der Waals surface area (Å²) in [7, 11) is 1.99. The zero-order valence-corrected chi connectivity index (χ0v) is 12.9. The van der Waals surface area contributed by atoms with E-state index in [1.165, 1.54) is 16.7 Å². The molecule has 3 nitrogen and oxygen atoms in total. The minimum atomic E-state index is 0.117. The SMILES string of the molecule is CNC(c1ccc(C)nc1C)c1cccc2c1OCCC2. The fourth-order valence-corrected chi connectivity index (χ4v) is 3.12. The average Bonchev–Trinajstić information content (AvgIpc) is 2.50. The van der Waals surface area contributed by atoms with E-state index in [2.05, 4.69) is 47.6 Å². The lowest BCUT2D eigenvalue weighted by Crippen LogP contribution is -2.22. The summed E-state index contributed by atoms with van der Waals surface area (Å²) in [5, 5.41) is 3.43. The Balaban J connectivity index is 2.08. The van der Waals surface area contributed by atoms with Crippen molar-refractivity contribution in [3.63, 3.8) is 0 Å². The Morgan fingerprint density at radius 2 is 2.00 bits per heavy atom. The van der Waals surface area contributed by atoms with Gasteiger partial charge in [-0.1, -0.05) is 24.3 Å². The molecule has 1 atom stereocenters. The maximum absolute atomic E-state index is 5.96. The molecule has 3 rings (SSSR count). The third-order valence-electron chi connectivity index (χ3n) is 4.14. The molecule has 110 valence electrons. The van der Waals surface area contributed by atoms with Crippen molar-refractivity contribution in [2.75, 3.05) is 13.7 Å². The normalized spacial score (nSPS) is 15.2. The van der Waals surface area contributed by atoms with E-state index >= 15 is 0 Å². The van der Waals surface area contributed by atoms with Crippen LogP contribution in [0.4, 0.5) is 0 Å². The lowest BCUT2D eigenvalue weighted by Gasteiger charge is -2.26. The van der Waals surface area contributed by atoms with Crippen molar-refractivity contribution >= 4 is 0 Å². The van der Waals surface area contributed by atoms with Crippen LogP contribution in [0.25, 0.3) is 0 Å². The van der Waals surface area contributed by atoms with Crippen molar-refractivity contribution in [2.24, 2.45) is 0 Å². The van der Waals surface area contributed by atoms with Crippen LogP contribution in [0.2, 0.25) is 0 Å². The number of rotatable bonds is 3. The molecule has 21 heavy (non-hydrogen) atoms. The van der Waals surface area contributed by atoms with Crippen molar-refractivity contribution in [1.82, 2.24) is 10.3 Å². The predicted octanol–water partition coefficient (Wildman–Crippen LogP) is 3.33. The molecule has 0 amide bonds. The number of pyridine rings is 1. The summed E-state index contributed by atoms with van der Waals surface area (Å²) in [5.41, 5.74) is 5.87. The highest BCUT2D eigenvalue weighted by molar-refractivity contribution is 5.48. The van der Waals surface area contributed by atoms with E-state index in [0.29, 0.717) is 0 Å². The van der Waals surface area contributed by atoms with Gasteiger partial charge in [0.1, 0.15) is 5.75 Å². The summed E-state index contributed by atoms with van der Waals surface area (Å²) >= 11 is 0. The predicted molar refractivity (Wildman–Crippen MR) is 84.9 cm³/mol. The van der Waals surface area contributed by atoms with Crippen molar-refractivity contribution in [1.29, 1.82) is 0 Å². The number of hydrogen-bond donors (Lipinski definition) is 1. The van der Waals surface area contributed by atoms with E-state index in [9.17, 15) is 0 Å². The van der Waals surface area contributed by atoms with Gasteiger partial charge >= 0.3 is 0 Å². The number of fused-ring (bicyclic) bond motifs is 1. The average molecular weight is 282 g/mol. The van der Waals surface area contributed by atoms with Crippen LogP contribution in [-0.2, 0) is 6.42 Å². The molecule has 0 aliphatic carbocycles. The van der Waals surface area contributed by atoms with Crippen molar-refractivity contribution < 1.29 is 4.74 Å². The number of aromatic nitrogens is 1. The summed E-state index contributed by atoms with van der Waals surface area (Å²) in [5.74, 6) is 1.06. The van der Waals surface area contributed by atoms with E-state index < -0.39 is 0 Å². The molecular weight excluding hydrogens is 260 g/mol. The van der Waals surface area contributed by atoms with Gasteiger partial charge in [-0.15, -0.1) is 0 Å². The number of benzene rings is 1.